The van der Waals surface area contributed by atoms with Crippen LogP contribution < -0.4 is 5.32 Å². The number of anilines is 2. The highest BCUT2D eigenvalue weighted by molar-refractivity contribution is 9.10. The second kappa shape index (κ2) is 6.38. The van der Waals surface area contributed by atoms with Crippen LogP contribution in [0.25, 0.3) is 0 Å². The van der Waals surface area contributed by atoms with Gasteiger partial charge < -0.3 is 15.5 Å². The van der Waals surface area contributed by atoms with E-state index in [9.17, 15) is 33.5 Å². The molecule has 2 rings (SSSR count). The first-order chi connectivity index (χ1) is 11.0. The molecule has 0 amide bonds. The molecule has 0 aliphatic heterocycles. The highest BCUT2D eigenvalue weighted by Crippen LogP contribution is 2.39. The van der Waals surface area contributed by atoms with Crippen LogP contribution in [0.2, 0.25) is 0 Å². The molecule has 0 aliphatic carbocycles. The summed E-state index contributed by atoms with van der Waals surface area (Å²) >= 11 is 3.22. The summed E-state index contributed by atoms with van der Waals surface area (Å²) in [7, 11) is 0. The SMILES string of the molecule is O=[N+]([O-])c1cc(C(O)(O)C(F)(F)F)ccc1Nc1cccc(Br)c1. The minimum atomic E-state index is -5.40. The molecule has 0 spiro atoms. The Morgan fingerprint density at radius 2 is 1.79 bits per heavy atom. The summed E-state index contributed by atoms with van der Waals surface area (Å²) in [5, 5.41) is 32.3. The van der Waals surface area contributed by atoms with Crippen molar-refractivity contribution in [3.8, 4) is 0 Å². The van der Waals surface area contributed by atoms with Crippen molar-refractivity contribution in [2.45, 2.75) is 12.0 Å². The molecule has 3 N–H and O–H groups in total. The molecule has 0 fully saturated rings. The standard InChI is InChI=1S/C14H10BrF3N2O4/c15-9-2-1-3-10(7-9)19-11-5-4-8(6-12(11)20(23)24)13(21,22)14(16,17)18/h1-7,19,21-22H. The van der Waals surface area contributed by atoms with Gasteiger partial charge in [0.2, 0.25) is 0 Å². The first kappa shape index (κ1) is 18.2. The molecule has 0 aliphatic rings. The van der Waals surface area contributed by atoms with Crippen molar-refractivity contribution >= 4 is 33.0 Å². The van der Waals surface area contributed by atoms with Crippen LogP contribution in [0.3, 0.4) is 0 Å². The first-order valence-electron chi connectivity index (χ1n) is 6.35. The van der Waals surface area contributed by atoms with E-state index in [0.29, 0.717) is 16.2 Å². The number of aliphatic hydroxyl groups is 2. The fourth-order valence-corrected chi connectivity index (χ4v) is 2.29. The summed E-state index contributed by atoms with van der Waals surface area (Å²) in [5.41, 5.74) is -1.43. The normalized spacial score (nSPS) is 12.1. The van der Waals surface area contributed by atoms with E-state index >= 15 is 0 Å². The topological polar surface area (TPSA) is 95.6 Å². The van der Waals surface area contributed by atoms with Gasteiger partial charge in [-0.3, -0.25) is 10.1 Å². The van der Waals surface area contributed by atoms with Gasteiger partial charge in [-0.05, 0) is 24.3 Å². The van der Waals surface area contributed by atoms with E-state index in [-0.39, 0.29) is 5.69 Å². The lowest BCUT2D eigenvalue weighted by atomic mass is 10.0. The Kier molecular flexibility index (Phi) is 4.83. The number of nitrogens with zero attached hydrogens (tertiary/aromatic N) is 1. The lowest BCUT2D eigenvalue weighted by Crippen LogP contribution is -2.42. The molecule has 0 heterocycles. The third-order valence-electron chi connectivity index (χ3n) is 3.10. The molecule has 0 saturated carbocycles. The number of nitro groups is 1. The largest absolute Gasteiger partial charge is 0.447 e. The number of alkyl halides is 3. The van der Waals surface area contributed by atoms with Crippen molar-refractivity contribution in [3.05, 3.63) is 62.6 Å². The zero-order valence-corrected chi connectivity index (χ0v) is 13.3. The average molecular weight is 407 g/mol. The summed E-state index contributed by atoms with van der Waals surface area (Å²) in [6.07, 6.45) is -5.40. The van der Waals surface area contributed by atoms with E-state index in [0.717, 1.165) is 12.1 Å². The van der Waals surface area contributed by atoms with E-state index < -0.39 is 28.1 Å². The molecule has 24 heavy (non-hydrogen) atoms. The van der Waals surface area contributed by atoms with Gasteiger partial charge in [0.05, 0.1) is 4.92 Å². The third kappa shape index (κ3) is 3.66. The van der Waals surface area contributed by atoms with Crippen molar-refractivity contribution in [2.24, 2.45) is 0 Å². The zero-order chi connectivity index (χ0) is 18.1. The molecular formula is C14H10BrF3N2O4. The summed E-state index contributed by atoms with van der Waals surface area (Å²) in [6, 6.07) is 8.77. The molecule has 0 aromatic heterocycles. The number of hydrogen-bond acceptors (Lipinski definition) is 5. The Hall–Kier alpha value is -2.17. The van der Waals surface area contributed by atoms with Gasteiger partial charge in [0.25, 0.3) is 11.5 Å². The van der Waals surface area contributed by atoms with Gasteiger partial charge >= 0.3 is 6.18 Å². The molecule has 10 heteroatoms. The molecule has 0 saturated heterocycles. The van der Waals surface area contributed by atoms with E-state index in [4.69, 9.17) is 0 Å². The number of nitro benzene ring substituents is 1. The molecule has 0 atom stereocenters. The van der Waals surface area contributed by atoms with Gasteiger partial charge in [0, 0.05) is 21.8 Å². The number of rotatable bonds is 4. The maximum absolute atomic E-state index is 12.7. The van der Waals surface area contributed by atoms with Crippen molar-refractivity contribution in [2.75, 3.05) is 5.32 Å². The molecular weight excluding hydrogens is 397 g/mol. The van der Waals surface area contributed by atoms with Crippen molar-refractivity contribution in [1.29, 1.82) is 0 Å². The van der Waals surface area contributed by atoms with Crippen LogP contribution in [-0.4, -0.2) is 21.3 Å². The van der Waals surface area contributed by atoms with Crippen LogP contribution in [-0.2, 0) is 5.79 Å². The Morgan fingerprint density at radius 1 is 1.12 bits per heavy atom. The average Bonchev–Trinajstić information content (AvgIpc) is 2.46. The van der Waals surface area contributed by atoms with Crippen LogP contribution >= 0.6 is 15.9 Å². The summed E-state index contributed by atoms with van der Waals surface area (Å²) in [6.45, 7) is 0. The molecule has 0 unspecified atom stereocenters. The van der Waals surface area contributed by atoms with E-state index in [2.05, 4.69) is 21.2 Å². The Bertz CT molecular complexity index is 781. The molecule has 128 valence electrons. The van der Waals surface area contributed by atoms with Crippen molar-refractivity contribution < 1.29 is 28.3 Å². The maximum atomic E-state index is 12.7. The molecule has 0 radical (unpaired) electrons. The van der Waals surface area contributed by atoms with Crippen LogP contribution in [0, 0.1) is 10.1 Å². The Labute approximate surface area is 141 Å². The first-order valence-corrected chi connectivity index (χ1v) is 7.14. The quantitative estimate of drug-likeness (QED) is 0.407. The van der Waals surface area contributed by atoms with Crippen molar-refractivity contribution in [1.82, 2.24) is 0 Å². The minimum Gasteiger partial charge on any atom is -0.355 e. The van der Waals surface area contributed by atoms with Crippen molar-refractivity contribution in [3.63, 3.8) is 0 Å². The minimum absolute atomic E-state index is 0.0974. The fraction of sp³-hybridized carbons (Fsp3) is 0.143. The summed E-state index contributed by atoms with van der Waals surface area (Å²) in [4.78, 5) is 10.2. The second-order valence-corrected chi connectivity index (χ2v) is 5.71. The number of hydrogen-bond donors (Lipinski definition) is 3. The predicted molar refractivity (Wildman–Crippen MR) is 82.7 cm³/mol. The van der Waals surface area contributed by atoms with Gasteiger partial charge in [0.1, 0.15) is 5.69 Å². The maximum Gasteiger partial charge on any atom is 0.447 e. The summed E-state index contributed by atoms with van der Waals surface area (Å²) < 4.78 is 38.6. The van der Waals surface area contributed by atoms with Gasteiger partial charge in [-0.1, -0.05) is 28.1 Å². The zero-order valence-electron chi connectivity index (χ0n) is 11.7. The van der Waals surface area contributed by atoms with Crippen LogP contribution in [0.4, 0.5) is 30.2 Å². The smallest absolute Gasteiger partial charge is 0.355 e. The molecule has 2 aromatic carbocycles. The van der Waals surface area contributed by atoms with Gasteiger partial charge in [0.15, 0.2) is 0 Å². The van der Waals surface area contributed by atoms with E-state index in [1.807, 2.05) is 0 Å². The van der Waals surface area contributed by atoms with Crippen LogP contribution in [0.5, 0.6) is 0 Å². The number of nitrogens with one attached hydrogen (secondary N) is 1. The van der Waals surface area contributed by atoms with Gasteiger partial charge in [-0.25, -0.2) is 0 Å². The molecule has 2 aromatic rings. The molecule has 0 bridgehead atoms. The third-order valence-corrected chi connectivity index (χ3v) is 3.59. The second-order valence-electron chi connectivity index (χ2n) is 4.79. The lowest BCUT2D eigenvalue weighted by Gasteiger charge is -2.24. The fourth-order valence-electron chi connectivity index (χ4n) is 1.89. The Balaban J connectivity index is 2.46. The van der Waals surface area contributed by atoms with E-state index in [1.165, 1.54) is 0 Å². The summed E-state index contributed by atoms with van der Waals surface area (Å²) in [5.74, 6) is -4.19. The lowest BCUT2D eigenvalue weighted by molar-refractivity contribution is -0.385. The van der Waals surface area contributed by atoms with Gasteiger partial charge in [-0.15, -0.1) is 0 Å². The number of benzene rings is 2. The highest BCUT2D eigenvalue weighted by Gasteiger charge is 2.54. The Morgan fingerprint density at radius 3 is 2.33 bits per heavy atom. The highest BCUT2D eigenvalue weighted by atomic mass is 79.9. The predicted octanol–water partition coefficient (Wildman–Crippen LogP) is 3.80. The molecule has 6 nitrogen and oxygen atoms in total. The monoisotopic (exact) mass is 406 g/mol. The van der Waals surface area contributed by atoms with Gasteiger partial charge in [-0.2, -0.15) is 13.2 Å². The van der Waals surface area contributed by atoms with E-state index in [1.54, 1.807) is 24.3 Å². The number of halogens is 4. The van der Waals surface area contributed by atoms with Crippen LogP contribution in [0.15, 0.2) is 46.9 Å². The van der Waals surface area contributed by atoms with Crippen LogP contribution in [0.1, 0.15) is 5.56 Å².